The van der Waals surface area contributed by atoms with Crippen LogP contribution in [0.2, 0.25) is 0 Å². The standard InChI is InChI=1S/C24H30F3N2O9P/c1-22(2,3)12-7-13(23(4,5)6)17-11(15(12)26)9-35-39(34,38-17)36-10-24(27)18(31)16(30)20(37-24)29-8-14(25)19(32)28-21(29)33/h7-8,16,18,20,30-31H,9-10H2,1-6H3,(H,28,32,33)/t16-,18+,20-,24-,39?/m1/s1/i20D. The second kappa shape index (κ2) is 9.57. The van der Waals surface area contributed by atoms with Crippen LogP contribution in [0.5, 0.6) is 5.75 Å². The third-order valence-electron chi connectivity index (χ3n) is 6.32. The molecular weight excluding hydrogens is 548 g/mol. The van der Waals surface area contributed by atoms with E-state index in [2.05, 4.69) is 0 Å². The Morgan fingerprint density at radius 2 is 1.82 bits per heavy atom. The highest BCUT2D eigenvalue weighted by Gasteiger charge is 2.58. The van der Waals surface area contributed by atoms with Gasteiger partial charge in [0.05, 0.1) is 19.7 Å². The second-order valence-corrected chi connectivity index (χ2v) is 13.0. The van der Waals surface area contributed by atoms with Crippen molar-refractivity contribution in [3.8, 4) is 5.75 Å². The summed E-state index contributed by atoms with van der Waals surface area (Å²) in [4.78, 5) is 25.0. The number of alkyl halides is 1. The van der Waals surface area contributed by atoms with Crippen LogP contribution in [0.1, 0.15) is 65.8 Å². The molecule has 1 saturated heterocycles. The molecule has 15 heteroatoms. The third kappa shape index (κ3) is 5.33. The van der Waals surface area contributed by atoms with Gasteiger partial charge in [0.2, 0.25) is 5.82 Å². The maximum absolute atomic E-state index is 15.7. The van der Waals surface area contributed by atoms with E-state index in [1.807, 2.05) is 41.5 Å². The summed E-state index contributed by atoms with van der Waals surface area (Å²) in [5.74, 6) is -5.84. The third-order valence-corrected chi connectivity index (χ3v) is 7.62. The number of nitrogens with one attached hydrogen (secondary N) is 1. The molecule has 1 unspecified atom stereocenters. The first-order valence-corrected chi connectivity index (χ1v) is 13.3. The SMILES string of the molecule is [2H][C@@]1(n2cc(F)c(=O)[nH]c2=O)O[C@](F)(COP2(=O)OCc3c(F)c(C(C)(C)C)cc(C(C)(C)C)c3O2)[C@@H](O)[C@H]1O. The molecule has 0 spiro atoms. The van der Waals surface area contributed by atoms with Gasteiger partial charge in [0.1, 0.15) is 30.4 Å². The second-order valence-electron chi connectivity index (χ2n) is 11.4. The first kappa shape index (κ1) is 28.1. The minimum Gasteiger partial charge on any atom is -0.403 e. The van der Waals surface area contributed by atoms with Gasteiger partial charge in [-0.15, -0.1) is 0 Å². The lowest BCUT2D eigenvalue weighted by molar-refractivity contribution is -0.205. The van der Waals surface area contributed by atoms with Crippen molar-refractivity contribution in [1.29, 1.82) is 0 Å². The highest BCUT2D eigenvalue weighted by atomic mass is 31.2. The Labute approximate surface area is 222 Å². The molecule has 2 aromatic rings. The molecule has 0 amide bonds. The normalized spacial score (nSPS) is 31.5. The number of aliphatic hydroxyl groups excluding tert-OH is 2. The number of aliphatic hydroxyl groups is 2. The van der Waals surface area contributed by atoms with Crippen molar-refractivity contribution in [2.24, 2.45) is 0 Å². The Hall–Kier alpha value is -2.48. The molecule has 2 aliphatic rings. The van der Waals surface area contributed by atoms with Crippen LogP contribution in [-0.2, 0) is 35.8 Å². The zero-order valence-electron chi connectivity index (χ0n) is 23.0. The number of phosphoric ester groups is 1. The smallest absolute Gasteiger partial charge is 0.403 e. The highest BCUT2D eigenvalue weighted by Crippen LogP contribution is 2.58. The summed E-state index contributed by atoms with van der Waals surface area (Å²) in [6.45, 7) is 8.83. The van der Waals surface area contributed by atoms with E-state index >= 15 is 8.78 Å². The molecule has 5 atom stereocenters. The lowest BCUT2D eigenvalue weighted by Crippen LogP contribution is -2.43. The van der Waals surface area contributed by atoms with E-state index < -0.39 is 79.0 Å². The van der Waals surface area contributed by atoms with Gasteiger partial charge in [-0.1, -0.05) is 41.5 Å². The van der Waals surface area contributed by atoms with Gasteiger partial charge >= 0.3 is 13.5 Å². The molecule has 3 N–H and O–H groups in total. The van der Waals surface area contributed by atoms with Crippen molar-refractivity contribution >= 4 is 7.82 Å². The van der Waals surface area contributed by atoms with Gasteiger partial charge in [-0.05, 0) is 22.5 Å². The summed E-state index contributed by atoms with van der Waals surface area (Å²) < 4.78 is 87.2. The van der Waals surface area contributed by atoms with Gasteiger partial charge in [-0.3, -0.25) is 23.4 Å². The fourth-order valence-corrected chi connectivity index (χ4v) is 5.36. The van der Waals surface area contributed by atoms with Crippen molar-refractivity contribution in [3.63, 3.8) is 0 Å². The number of nitrogens with zero attached hydrogens (tertiary/aromatic N) is 1. The number of ether oxygens (including phenoxy) is 1. The van der Waals surface area contributed by atoms with Crippen LogP contribution in [-0.4, -0.2) is 44.4 Å². The molecule has 4 rings (SSSR count). The van der Waals surface area contributed by atoms with E-state index in [1.54, 1.807) is 6.07 Å². The van der Waals surface area contributed by atoms with Crippen LogP contribution in [0.4, 0.5) is 13.2 Å². The largest absolute Gasteiger partial charge is 0.530 e. The summed E-state index contributed by atoms with van der Waals surface area (Å²) >= 11 is 0. The number of halogens is 3. The Morgan fingerprint density at radius 3 is 2.41 bits per heavy atom. The molecular formula is C24H30F3N2O9P. The Bertz CT molecular complexity index is 1520. The molecule has 216 valence electrons. The number of rotatable bonds is 4. The summed E-state index contributed by atoms with van der Waals surface area (Å²) in [7, 11) is -4.71. The first-order valence-electron chi connectivity index (χ1n) is 12.4. The van der Waals surface area contributed by atoms with Crippen LogP contribution in [0.15, 0.2) is 21.9 Å². The number of aromatic amines is 1. The van der Waals surface area contributed by atoms with E-state index in [0.717, 1.165) is 0 Å². The van der Waals surface area contributed by atoms with Crippen molar-refractivity contribution in [2.75, 3.05) is 6.61 Å². The minimum atomic E-state index is -4.71. The number of phosphoric acid groups is 1. The van der Waals surface area contributed by atoms with Crippen LogP contribution in [0.3, 0.4) is 0 Å². The molecule has 1 aromatic carbocycles. The zero-order chi connectivity index (χ0) is 30.2. The zero-order valence-corrected chi connectivity index (χ0v) is 22.9. The fourth-order valence-electron chi connectivity index (χ4n) is 4.13. The van der Waals surface area contributed by atoms with E-state index in [4.69, 9.17) is 19.7 Å². The predicted octanol–water partition coefficient (Wildman–Crippen LogP) is 3.06. The van der Waals surface area contributed by atoms with Crippen LogP contribution >= 0.6 is 7.82 Å². The lowest BCUT2D eigenvalue weighted by Gasteiger charge is -2.34. The molecule has 2 aliphatic heterocycles. The fraction of sp³-hybridized carbons (Fsp3) is 0.583. The van der Waals surface area contributed by atoms with Gasteiger partial charge < -0.3 is 19.5 Å². The van der Waals surface area contributed by atoms with Gasteiger partial charge in [0.25, 0.3) is 11.4 Å². The molecule has 0 saturated carbocycles. The van der Waals surface area contributed by atoms with Gasteiger partial charge in [-0.2, -0.15) is 4.39 Å². The predicted molar refractivity (Wildman–Crippen MR) is 130 cm³/mol. The molecule has 0 bridgehead atoms. The highest BCUT2D eigenvalue weighted by molar-refractivity contribution is 7.49. The number of fused-ring (bicyclic) bond motifs is 1. The number of hydrogen-bond donors (Lipinski definition) is 3. The van der Waals surface area contributed by atoms with Crippen molar-refractivity contribution < 1.29 is 47.6 Å². The summed E-state index contributed by atoms with van der Waals surface area (Å²) in [5, 5.41) is 20.7. The first-order chi connectivity index (χ1) is 18.1. The average molecular weight is 579 g/mol. The Balaban J connectivity index is 1.65. The monoisotopic (exact) mass is 579 g/mol. The van der Waals surface area contributed by atoms with Crippen molar-refractivity contribution in [3.05, 3.63) is 61.4 Å². The van der Waals surface area contributed by atoms with Crippen LogP contribution < -0.4 is 15.8 Å². The molecule has 39 heavy (non-hydrogen) atoms. The molecule has 1 aromatic heterocycles. The van der Waals surface area contributed by atoms with E-state index in [1.165, 1.54) is 4.98 Å². The number of hydrogen-bond acceptors (Lipinski definition) is 9. The summed E-state index contributed by atoms with van der Waals surface area (Å²) in [6, 6.07) is 1.58. The summed E-state index contributed by atoms with van der Waals surface area (Å²) in [5.41, 5.74) is -3.34. The van der Waals surface area contributed by atoms with Gasteiger partial charge in [0.15, 0.2) is 6.20 Å². The number of aromatic nitrogens is 2. The minimum absolute atomic E-state index is 0.0239. The molecule has 0 aliphatic carbocycles. The van der Waals surface area contributed by atoms with E-state index in [9.17, 15) is 28.8 Å². The number of H-pyrrole nitrogens is 1. The Kier molecular flexibility index (Phi) is 6.88. The topological polar surface area (TPSA) is 149 Å². The molecule has 3 heterocycles. The molecule has 11 nitrogen and oxygen atoms in total. The molecule has 0 radical (unpaired) electrons. The van der Waals surface area contributed by atoms with Gasteiger partial charge in [-0.25, -0.2) is 18.1 Å². The summed E-state index contributed by atoms with van der Waals surface area (Å²) in [6.07, 6.45) is -8.10. The van der Waals surface area contributed by atoms with Gasteiger partial charge in [0, 0.05) is 5.56 Å². The quantitative estimate of drug-likeness (QED) is 0.465. The van der Waals surface area contributed by atoms with Crippen LogP contribution in [0, 0.1) is 11.6 Å². The van der Waals surface area contributed by atoms with E-state index in [-0.39, 0.29) is 22.1 Å². The van der Waals surface area contributed by atoms with Crippen molar-refractivity contribution in [2.45, 2.75) is 83.2 Å². The van der Waals surface area contributed by atoms with Crippen molar-refractivity contribution in [1.82, 2.24) is 9.55 Å². The maximum atomic E-state index is 15.7. The molecule has 1 fully saturated rings. The van der Waals surface area contributed by atoms with Crippen LogP contribution in [0.25, 0.3) is 0 Å². The lowest BCUT2D eigenvalue weighted by atomic mass is 9.78. The maximum Gasteiger partial charge on any atom is 0.530 e. The average Bonchev–Trinajstić information content (AvgIpc) is 2.99. The number of benzene rings is 1. The van der Waals surface area contributed by atoms with E-state index in [0.29, 0.717) is 11.1 Å². The Morgan fingerprint density at radius 1 is 1.21 bits per heavy atom.